The molecule has 0 aliphatic carbocycles. The van der Waals surface area contributed by atoms with Crippen LogP contribution < -0.4 is 10.2 Å². The molecule has 0 saturated heterocycles. The molecule has 0 aliphatic heterocycles. The number of rotatable bonds is 44. The number of carbonyl (C=O) groups excluding carboxylic acids is 1. The highest BCUT2D eigenvalue weighted by Gasteiger charge is 2.24. The fourth-order valence-electron chi connectivity index (χ4n) is 6.81. The molecule has 1 amide bonds. The van der Waals surface area contributed by atoms with Gasteiger partial charge >= 0.3 is 0 Å². The predicted molar refractivity (Wildman–Crippen MR) is 260 cm³/mol. The smallest absolute Gasteiger partial charge is 0.268 e. The highest BCUT2D eigenvalue weighted by atomic mass is 31.2. The third-order valence-corrected chi connectivity index (χ3v) is 11.7. The zero-order valence-corrected chi connectivity index (χ0v) is 41.0. The van der Waals surface area contributed by atoms with Crippen LogP contribution >= 0.6 is 7.82 Å². The van der Waals surface area contributed by atoms with Crippen LogP contribution in [0.2, 0.25) is 0 Å². The molecule has 0 fully saturated rings. The molecule has 61 heavy (non-hydrogen) atoms. The zero-order valence-electron chi connectivity index (χ0n) is 40.1. The lowest BCUT2D eigenvalue weighted by molar-refractivity contribution is -0.870. The van der Waals surface area contributed by atoms with Crippen LogP contribution in [0, 0.1) is 0 Å². The molecule has 2 N–H and O–H groups in total. The van der Waals surface area contributed by atoms with Crippen LogP contribution in [0.25, 0.3) is 0 Å². The lowest BCUT2D eigenvalue weighted by Gasteiger charge is -2.30. The fraction of sp³-hybridized carbons (Fsp3) is 0.750. The van der Waals surface area contributed by atoms with E-state index in [2.05, 4.69) is 92.1 Å². The molecule has 0 aromatic rings. The number of aliphatic hydroxyl groups is 1. The van der Waals surface area contributed by atoms with Crippen molar-refractivity contribution in [2.75, 3.05) is 40.9 Å². The Hall–Kier alpha value is -2.06. The van der Waals surface area contributed by atoms with Crippen LogP contribution in [0.1, 0.15) is 200 Å². The molecular weight excluding hydrogens is 780 g/mol. The van der Waals surface area contributed by atoms with E-state index in [4.69, 9.17) is 9.05 Å². The minimum Gasteiger partial charge on any atom is -0.756 e. The van der Waals surface area contributed by atoms with Crippen molar-refractivity contribution in [3.8, 4) is 0 Å². The summed E-state index contributed by atoms with van der Waals surface area (Å²) < 4.78 is 23.3. The quantitative estimate of drug-likeness (QED) is 0.0273. The highest BCUT2D eigenvalue weighted by molar-refractivity contribution is 7.45. The van der Waals surface area contributed by atoms with Crippen LogP contribution in [-0.2, 0) is 18.4 Å². The van der Waals surface area contributed by atoms with Gasteiger partial charge in [-0.05, 0) is 64.2 Å². The fourth-order valence-corrected chi connectivity index (χ4v) is 7.53. The van der Waals surface area contributed by atoms with Gasteiger partial charge in [0.2, 0.25) is 5.91 Å². The van der Waals surface area contributed by atoms with Gasteiger partial charge in [0.25, 0.3) is 7.82 Å². The maximum Gasteiger partial charge on any atom is 0.268 e. The van der Waals surface area contributed by atoms with Crippen LogP contribution in [0.5, 0.6) is 0 Å². The molecule has 0 saturated carbocycles. The van der Waals surface area contributed by atoms with Crippen LogP contribution in [0.4, 0.5) is 0 Å². The van der Waals surface area contributed by atoms with Crippen molar-refractivity contribution < 1.29 is 32.9 Å². The van der Waals surface area contributed by atoms with E-state index in [1.165, 1.54) is 83.5 Å². The van der Waals surface area contributed by atoms with Crippen molar-refractivity contribution in [1.29, 1.82) is 0 Å². The molecule has 8 nitrogen and oxygen atoms in total. The van der Waals surface area contributed by atoms with Crippen molar-refractivity contribution in [3.05, 3.63) is 72.9 Å². The van der Waals surface area contributed by atoms with Crippen molar-refractivity contribution >= 4 is 13.7 Å². The topological polar surface area (TPSA) is 108 Å². The minimum absolute atomic E-state index is 0.00312. The first-order valence-electron chi connectivity index (χ1n) is 24.8. The van der Waals surface area contributed by atoms with Crippen molar-refractivity contribution in [2.24, 2.45) is 0 Å². The summed E-state index contributed by atoms with van der Waals surface area (Å²) in [7, 11) is 1.28. The third kappa shape index (κ3) is 45.8. The summed E-state index contributed by atoms with van der Waals surface area (Å²) >= 11 is 0. The number of nitrogens with one attached hydrogen (secondary N) is 1. The SMILES string of the molecule is CC/C=C\C/C=C\C/C=C\C/C=C\C/C=C\C/C=C\CCCCCCC(=O)NC(COP(=O)([O-])OCC[N+](C)(C)C)C(O)CCCCCCCCCCCCCCCCCC. The molecule has 354 valence electrons. The molecule has 0 rings (SSSR count). The maximum absolute atomic E-state index is 12.9. The molecular formula is C52H95N2O6P. The summed E-state index contributed by atoms with van der Waals surface area (Å²) in [5.41, 5.74) is 0. The van der Waals surface area contributed by atoms with Crippen LogP contribution in [0.15, 0.2) is 72.9 Å². The van der Waals surface area contributed by atoms with E-state index in [9.17, 15) is 19.4 Å². The summed E-state index contributed by atoms with van der Waals surface area (Å²) in [6.07, 6.45) is 57.6. The maximum atomic E-state index is 12.9. The monoisotopic (exact) mass is 875 g/mol. The Kier molecular flexibility index (Phi) is 41.7. The molecule has 0 aromatic heterocycles. The molecule has 0 heterocycles. The summed E-state index contributed by atoms with van der Waals surface area (Å²) in [4.78, 5) is 25.4. The van der Waals surface area contributed by atoms with E-state index in [-0.39, 0.29) is 19.1 Å². The second-order valence-electron chi connectivity index (χ2n) is 17.8. The molecule has 0 radical (unpaired) electrons. The number of hydrogen-bond acceptors (Lipinski definition) is 6. The number of amides is 1. The first-order valence-corrected chi connectivity index (χ1v) is 26.2. The minimum atomic E-state index is -4.58. The van der Waals surface area contributed by atoms with E-state index in [0.717, 1.165) is 89.9 Å². The lowest BCUT2D eigenvalue weighted by atomic mass is 10.0. The van der Waals surface area contributed by atoms with Gasteiger partial charge in [0, 0.05) is 6.42 Å². The van der Waals surface area contributed by atoms with E-state index in [0.29, 0.717) is 23.9 Å². The van der Waals surface area contributed by atoms with Gasteiger partial charge in [-0.3, -0.25) is 9.36 Å². The number of quaternary nitrogens is 1. The molecule has 0 aromatic carbocycles. The van der Waals surface area contributed by atoms with Gasteiger partial charge in [-0.1, -0.05) is 202 Å². The largest absolute Gasteiger partial charge is 0.756 e. The van der Waals surface area contributed by atoms with Gasteiger partial charge in [0.05, 0.1) is 39.9 Å². The average molecular weight is 875 g/mol. The second kappa shape index (κ2) is 43.2. The Bertz CT molecular complexity index is 1220. The Morgan fingerprint density at radius 2 is 1.00 bits per heavy atom. The van der Waals surface area contributed by atoms with E-state index >= 15 is 0 Å². The number of nitrogens with zero attached hydrogens (tertiary/aromatic N) is 1. The number of likely N-dealkylation sites (N-methyl/N-ethyl adjacent to an activating group) is 1. The number of phosphoric acid groups is 1. The standard InChI is InChI=1S/C52H95N2O6P/c1-6-8-10-12-14-16-18-20-22-24-25-26-27-28-29-30-32-34-36-38-40-42-44-46-52(56)53-50(49-60-61(57,58)59-48-47-54(3,4)5)51(55)45-43-41-39-37-35-33-31-23-21-19-17-15-13-11-9-7-2/h8,10,14,16,20,22,25-26,28-29,32,34,50-51,55H,6-7,9,11-13,15,17-19,21,23-24,27,30-31,33,35-49H2,1-5H3,(H-,53,56,57,58)/b10-8-,16-14-,22-20-,26-25-,29-28-,34-32-. The summed E-state index contributed by atoms with van der Waals surface area (Å²) in [5.74, 6) is -0.191. The second-order valence-corrected chi connectivity index (χ2v) is 19.2. The van der Waals surface area contributed by atoms with Crippen molar-refractivity contribution in [3.63, 3.8) is 0 Å². The molecule has 3 atom stereocenters. The summed E-state index contributed by atoms with van der Waals surface area (Å²) in [5, 5.41) is 13.9. The Morgan fingerprint density at radius 3 is 1.46 bits per heavy atom. The Morgan fingerprint density at radius 1 is 0.590 bits per heavy atom. The molecule has 3 unspecified atom stereocenters. The van der Waals surface area contributed by atoms with Crippen LogP contribution in [0.3, 0.4) is 0 Å². The normalized spacial score (nSPS) is 14.8. The Balaban J connectivity index is 4.37. The van der Waals surface area contributed by atoms with Gasteiger partial charge in [-0.25, -0.2) is 0 Å². The molecule has 0 spiro atoms. The van der Waals surface area contributed by atoms with E-state index < -0.39 is 20.0 Å². The first-order chi connectivity index (χ1) is 29.5. The van der Waals surface area contributed by atoms with Crippen LogP contribution in [-0.4, -0.2) is 68.5 Å². The average Bonchev–Trinajstić information content (AvgIpc) is 3.21. The number of phosphoric ester groups is 1. The third-order valence-electron chi connectivity index (χ3n) is 10.7. The van der Waals surface area contributed by atoms with Crippen molar-refractivity contribution in [2.45, 2.75) is 212 Å². The molecule has 0 aliphatic rings. The Labute approximate surface area is 376 Å². The summed E-state index contributed by atoms with van der Waals surface area (Å²) in [6.45, 7) is 4.58. The lowest BCUT2D eigenvalue weighted by Crippen LogP contribution is -2.46. The number of hydrogen-bond donors (Lipinski definition) is 2. The molecule has 0 bridgehead atoms. The van der Waals surface area contributed by atoms with E-state index in [1.54, 1.807) is 0 Å². The summed E-state index contributed by atoms with van der Waals surface area (Å²) in [6, 6.07) is -0.818. The van der Waals surface area contributed by atoms with Gasteiger partial charge < -0.3 is 28.8 Å². The molecule has 9 heteroatoms. The highest BCUT2D eigenvalue weighted by Crippen LogP contribution is 2.38. The zero-order chi connectivity index (χ0) is 45.0. The number of carbonyl (C=O) groups is 1. The predicted octanol–water partition coefficient (Wildman–Crippen LogP) is 13.7. The number of allylic oxidation sites excluding steroid dienone is 12. The van der Waals surface area contributed by atoms with Gasteiger partial charge in [0.15, 0.2) is 0 Å². The van der Waals surface area contributed by atoms with Gasteiger partial charge in [0.1, 0.15) is 13.2 Å². The van der Waals surface area contributed by atoms with E-state index in [1.807, 2.05) is 21.1 Å². The van der Waals surface area contributed by atoms with Crippen molar-refractivity contribution in [1.82, 2.24) is 5.32 Å². The van der Waals surface area contributed by atoms with Gasteiger partial charge in [-0.15, -0.1) is 0 Å². The first kappa shape index (κ1) is 58.9. The number of aliphatic hydroxyl groups excluding tert-OH is 1. The number of unbranched alkanes of at least 4 members (excludes halogenated alkanes) is 19. The van der Waals surface area contributed by atoms with Gasteiger partial charge in [-0.2, -0.15) is 0 Å².